The highest BCUT2D eigenvalue weighted by atomic mass is 16.5. The lowest BCUT2D eigenvalue weighted by molar-refractivity contribution is -0.0949. The van der Waals surface area contributed by atoms with Crippen LogP contribution in [0.4, 0.5) is 0 Å². The predicted octanol–water partition coefficient (Wildman–Crippen LogP) is 7.58. The van der Waals surface area contributed by atoms with Crippen LogP contribution in [0.25, 0.3) is 0 Å². The highest BCUT2D eigenvalue weighted by Gasteiger charge is 2.58. The van der Waals surface area contributed by atoms with Gasteiger partial charge >= 0.3 is 0 Å². The number of benzene rings is 3. The van der Waals surface area contributed by atoms with E-state index in [9.17, 15) is 0 Å². The van der Waals surface area contributed by atoms with E-state index in [1.807, 2.05) is 13.2 Å². The van der Waals surface area contributed by atoms with Crippen molar-refractivity contribution in [3.8, 4) is 5.75 Å². The average Bonchev–Trinajstić information content (AvgIpc) is 3.27. The summed E-state index contributed by atoms with van der Waals surface area (Å²) in [5.74, 6) is 3.49. The SMILES string of the molecule is COC[C@H]1C[C@]2(C)C(OCc3ccccc3)CC[C@H]2[C@@H]2CCc3cc(OCc4ccccc4)ccc3[C@@H]12. The van der Waals surface area contributed by atoms with Gasteiger partial charge in [0.15, 0.2) is 0 Å². The number of aryl methyl sites for hydroxylation is 1. The van der Waals surface area contributed by atoms with Crippen LogP contribution in [0.1, 0.15) is 60.8 Å². The normalized spacial score (nSPS) is 30.3. The Bertz CT molecular complexity index is 1180. The standard InChI is InChI=1S/C34H40O3/c1-34-20-27(23-35-2)33-29-16-14-28(36-21-24-9-5-3-6-10-24)19-26(29)13-15-30(33)31(34)17-18-32(34)37-22-25-11-7-4-8-12-25/h3-12,14,16,19,27,30-33H,13,15,17-18,20-23H2,1-2H3/t27-,30+,31+,32?,33-,34+/m1/s1. The molecule has 6 rings (SSSR count). The molecular formula is C34H40O3. The molecular weight excluding hydrogens is 456 g/mol. The number of hydrogen-bond acceptors (Lipinski definition) is 3. The Morgan fingerprint density at radius 1 is 0.838 bits per heavy atom. The summed E-state index contributed by atoms with van der Waals surface area (Å²) in [4.78, 5) is 0. The first kappa shape index (κ1) is 24.7. The second-order valence-electron chi connectivity index (χ2n) is 11.8. The van der Waals surface area contributed by atoms with Gasteiger partial charge in [-0.15, -0.1) is 0 Å². The molecule has 3 nitrogen and oxygen atoms in total. The van der Waals surface area contributed by atoms with Crippen LogP contribution in [0.2, 0.25) is 0 Å². The Kier molecular flexibility index (Phi) is 7.10. The van der Waals surface area contributed by atoms with Gasteiger partial charge in [-0.1, -0.05) is 73.7 Å². The number of rotatable bonds is 8. The lowest BCUT2D eigenvalue weighted by Crippen LogP contribution is -2.49. The zero-order chi connectivity index (χ0) is 25.2. The summed E-state index contributed by atoms with van der Waals surface area (Å²) < 4.78 is 18.7. The summed E-state index contributed by atoms with van der Waals surface area (Å²) in [6.45, 7) is 4.67. The van der Waals surface area contributed by atoms with E-state index < -0.39 is 0 Å². The molecule has 3 aliphatic carbocycles. The number of hydrogen-bond donors (Lipinski definition) is 0. The summed E-state index contributed by atoms with van der Waals surface area (Å²) in [7, 11) is 1.87. The molecule has 0 heterocycles. The van der Waals surface area contributed by atoms with Gasteiger partial charge in [-0.25, -0.2) is 0 Å². The van der Waals surface area contributed by atoms with Crippen LogP contribution in [-0.2, 0) is 29.1 Å². The minimum atomic E-state index is 0.218. The first-order valence-corrected chi connectivity index (χ1v) is 14.1. The highest BCUT2D eigenvalue weighted by Crippen LogP contribution is 2.63. The van der Waals surface area contributed by atoms with Gasteiger partial charge in [-0.05, 0) is 95.6 Å². The third-order valence-corrected chi connectivity index (χ3v) is 9.65. The molecule has 3 aromatic carbocycles. The molecule has 6 atom stereocenters. The molecule has 0 radical (unpaired) electrons. The van der Waals surface area contributed by atoms with Crippen molar-refractivity contribution >= 4 is 0 Å². The largest absolute Gasteiger partial charge is 0.489 e. The van der Waals surface area contributed by atoms with E-state index in [0.717, 1.165) is 18.8 Å². The third kappa shape index (κ3) is 4.84. The molecule has 3 aliphatic rings. The molecule has 3 aromatic rings. The van der Waals surface area contributed by atoms with Crippen LogP contribution in [0, 0.1) is 23.2 Å². The van der Waals surface area contributed by atoms with Crippen molar-refractivity contribution < 1.29 is 14.2 Å². The summed E-state index contributed by atoms with van der Waals surface area (Å²) in [5, 5.41) is 0. The van der Waals surface area contributed by atoms with Crippen molar-refractivity contribution in [3.05, 3.63) is 101 Å². The number of fused-ring (bicyclic) bond motifs is 5. The van der Waals surface area contributed by atoms with E-state index >= 15 is 0 Å². The van der Waals surface area contributed by atoms with Gasteiger partial charge < -0.3 is 14.2 Å². The van der Waals surface area contributed by atoms with Crippen molar-refractivity contribution in [1.29, 1.82) is 0 Å². The minimum absolute atomic E-state index is 0.218. The van der Waals surface area contributed by atoms with E-state index in [1.165, 1.54) is 42.4 Å². The molecule has 3 heteroatoms. The van der Waals surface area contributed by atoms with Gasteiger partial charge in [0.05, 0.1) is 12.7 Å². The van der Waals surface area contributed by atoms with Gasteiger partial charge in [-0.2, -0.15) is 0 Å². The molecule has 0 amide bonds. The Morgan fingerprint density at radius 2 is 1.57 bits per heavy atom. The third-order valence-electron chi connectivity index (χ3n) is 9.65. The molecule has 0 N–H and O–H groups in total. The van der Waals surface area contributed by atoms with E-state index in [-0.39, 0.29) is 5.41 Å². The van der Waals surface area contributed by atoms with E-state index in [0.29, 0.717) is 43.0 Å². The first-order valence-electron chi connectivity index (χ1n) is 14.1. The zero-order valence-electron chi connectivity index (χ0n) is 22.3. The van der Waals surface area contributed by atoms with E-state index in [2.05, 4.69) is 79.7 Å². The molecule has 0 aromatic heterocycles. The van der Waals surface area contributed by atoms with Crippen LogP contribution in [0.5, 0.6) is 5.75 Å². The maximum atomic E-state index is 6.66. The number of ether oxygens (including phenoxy) is 3. The summed E-state index contributed by atoms with van der Waals surface area (Å²) in [6, 6.07) is 27.9. The lowest BCUT2D eigenvalue weighted by atomic mass is 9.52. The van der Waals surface area contributed by atoms with E-state index in [1.54, 1.807) is 5.56 Å². The van der Waals surface area contributed by atoms with Gasteiger partial charge in [0.25, 0.3) is 0 Å². The van der Waals surface area contributed by atoms with Gasteiger partial charge in [0, 0.05) is 13.7 Å². The number of methoxy groups -OCH3 is 1. The lowest BCUT2D eigenvalue weighted by Gasteiger charge is -2.54. The average molecular weight is 497 g/mol. The Hall–Kier alpha value is -2.62. The molecule has 194 valence electrons. The quantitative estimate of drug-likeness (QED) is 0.322. The fraction of sp³-hybridized carbons (Fsp3) is 0.471. The molecule has 0 aliphatic heterocycles. The van der Waals surface area contributed by atoms with Crippen LogP contribution >= 0.6 is 0 Å². The van der Waals surface area contributed by atoms with Crippen LogP contribution < -0.4 is 4.74 Å². The van der Waals surface area contributed by atoms with Crippen LogP contribution in [0.15, 0.2) is 78.9 Å². The molecule has 0 bridgehead atoms. The fourth-order valence-corrected chi connectivity index (χ4v) is 8.07. The van der Waals surface area contributed by atoms with Crippen molar-refractivity contribution in [1.82, 2.24) is 0 Å². The fourth-order valence-electron chi connectivity index (χ4n) is 8.07. The zero-order valence-corrected chi connectivity index (χ0v) is 22.3. The monoisotopic (exact) mass is 496 g/mol. The second-order valence-corrected chi connectivity index (χ2v) is 11.8. The molecule has 37 heavy (non-hydrogen) atoms. The van der Waals surface area contributed by atoms with Gasteiger partial charge in [0.1, 0.15) is 12.4 Å². The second kappa shape index (κ2) is 10.6. The minimum Gasteiger partial charge on any atom is -0.489 e. The first-order chi connectivity index (χ1) is 18.2. The molecule has 0 saturated heterocycles. The molecule has 0 spiro atoms. The van der Waals surface area contributed by atoms with Crippen LogP contribution in [-0.4, -0.2) is 19.8 Å². The van der Waals surface area contributed by atoms with E-state index in [4.69, 9.17) is 14.2 Å². The molecule has 2 saturated carbocycles. The van der Waals surface area contributed by atoms with Crippen LogP contribution in [0.3, 0.4) is 0 Å². The van der Waals surface area contributed by atoms with Crippen molar-refractivity contribution in [3.63, 3.8) is 0 Å². The molecule has 1 unspecified atom stereocenters. The van der Waals surface area contributed by atoms with Crippen molar-refractivity contribution in [2.75, 3.05) is 13.7 Å². The van der Waals surface area contributed by atoms with Gasteiger partial charge in [-0.3, -0.25) is 0 Å². The maximum absolute atomic E-state index is 6.66. The highest BCUT2D eigenvalue weighted by molar-refractivity contribution is 5.41. The summed E-state index contributed by atoms with van der Waals surface area (Å²) in [6.07, 6.45) is 6.36. The Balaban J connectivity index is 1.21. The topological polar surface area (TPSA) is 27.7 Å². The Labute approximate surface area is 222 Å². The van der Waals surface area contributed by atoms with Crippen molar-refractivity contribution in [2.24, 2.45) is 23.2 Å². The smallest absolute Gasteiger partial charge is 0.120 e. The predicted molar refractivity (Wildman–Crippen MR) is 148 cm³/mol. The summed E-state index contributed by atoms with van der Waals surface area (Å²) in [5.41, 5.74) is 5.72. The Morgan fingerprint density at radius 3 is 2.30 bits per heavy atom. The maximum Gasteiger partial charge on any atom is 0.120 e. The summed E-state index contributed by atoms with van der Waals surface area (Å²) >= 11 is 0. The van der Waals surface area contributed by atoms with Gasteiger partial charge in [0.2, 0.25) is 0 Å². The van der Waals surface area contributed by atoms with Crippen molar-refractivity contribution in [2.45, 2.75) is 64.3 Å². The molecule has 2 fully saturated rings.